The summed E-state index contributed by atoms with van der Waals surface area (Å²) in [6.45, 7) is 3.62. The van der Waals surface area contributed by atoms with Gasteiger partial charge < -0.3 is 15.2 Å². The number of fused-ring (bicyclic) bond motifs is 1. The maximum atomic E-state index is 11.3. The van der Waals surface area contributed by atoms with Crippen LogP contribution in [0.5, 0.6) is 0 Å². The van der Waals surface area contributed by atoms with Crippen LogP contribution in [0.3, 0.4) is 0 Å². The molecule has 1 amide bonds. The van der Waals surface area contributed by atoms with Crippen molar-refractivity contribution in [1.82, 2.24) is 5.32 Å². The molecule has 0 aromatic heterocycles. The third-order valence-corrected chi connectivity index (χ3v) is 3.50. The van der Waals surface area contributed by atoms with Gasteiger partial charge in [0.1, 0.15) is 6.61 Å². The summed E-state index contributed by atoms with van der Waals surface area (Å²) in [6.07, 6.45) is 3.05. The highest BCUT2D eigenvalue weighted by Gasteiger charge is 2.59. The third-order valence-electron chi connectivity index (χ3n) is 3.50. The molecule has 0 aliphatic heterocycles. The minimum Gasteiger partial charge on any atom is -0.481 e. The normalized spacial score (nSPS) is 35.0. The molecule has 16 heavy (non-hydrogen) atoms. The van der Waals surface area contributed by atoms with Gasteiger partial charge in [-0.25, -0.2) is 4.79 Å². The zero-order chi connectivity index (χ0) is 11.8. The van der Waals surface area contributed by atoms with E-state index < -0.39 is 12.1 Å². The summed E-state index contributed by atoms with van der Waals surface area (Å²) in [5, 5.41) is 11.7. The predicted molar refractivity (Wildman–Crippen MR) is 55.9 cm³/mol. The Labute approximate surface area is 93.5 Å². The number of carboxylic acids is 1. The fraction of sp³-hybridized carbons (Fsp3) is 0.636. The minimum absolute atomic E-state index is 0.174. The lowest BCUT2D eigenvalue weighted by molar-refractivity contribution is -0.142. The molecule has 0 radical (unpaired) electrons. The molecule has 0 heterocycles. The van der Waals surface area contributed by atoms with Crippen LogP contribution in [0.15, 0.2) is 12.7 Å². The Morgan fingerprint density at radius 1 is 1.50 bits per heavy atom. The van der Waals surface area contributed by atoms with Gasteiger partial charge >= 0.3 is 12.1 Å². The highest BCUT2D eigenvalue weighted by Crippen LogP contribution is 2.55. The van der Waals surface area contributed by atoms with Gasteiger partial charge in [-0.05, 0) is 25.2 Å². The molecule has 1 unspecified atom stereocenters. The number of nitrogens with one attached hydrogen (secondary N) is 1. The van der Waals surface area contributed by atoms with Crippen molar-refractivity contribution in [3.8, 4) is 0 Å². The Hall–Kier alpha value is -1.52. The molecule has 5 heteroatoms. The molecule has 0 spiro atoms. The van der Waals surface area contributed by atoms with Crippen LogP contribution in [0.4, 0.5) is 4.79 Å². The Kier molecular flexibility index (Phi) is 2.61. The van der Waals surface area contributed by atoms with Gasteiger partial charge in [0.05, 0.1) is 5.92 Å². The largest absolute Gasteiger partial charge is 0.481 e. The minimum atomic E-state index is -0.759. The summed E-state index contributed by atoms with van der Waals surface area (Å²) in [5.41, 5.74) is -0.327. The topological polar surface area (TPSA) is 75.6 Å². The van der Waals surface area contributed by atoms with Crippen LogP contribution in [0.1, 0.15) is 19.3 Å². The number of carboxylic acid groups (broad SMARTS) is 1. The summed E-state index contributed by atoms with van der Waals surface area (Å²) in [5.74, 6) is -0.845. The van der Waals surface area contributed by atoms with Crippen molar-refractivity contribution >= 4 is 12.1 Å². The van der Waals surface area contributed by atoms with Crippen LogP contribution in [0.2, 0.25) is 0 Å². The number of alkyl carbamates (subject to hydrolysis) is 1. The van der Waals surface area contributed by atoms with E-state index in [-0.39, 0.29) is 24.0 Å². The monoisotopic (exact) mass is 225 g/mol. The third kappa shape index (κ3) is 1.77. The first kappa shape index (κ1) is 11.0. The first-order valence-corrected chi connectivity index (χ1v) is 5.35. The van der Waals surface area contributed by atoms with Crippen LogP contribution < -0.4 is 5.32 Å². The molecule has 3 fully saturated rings. The SMILES string of the molecule is C=CCOC(=O)NC12CC(C1)C(C(=O)O)C2. The zero-order valence-electron chi connectivity index (χ0n) is 8.94. The van der Waals surface area contributed by atoms with E-state index >= 15 is 0 Å². The number of carbonyl (C=O) groups is 2. The van der Waals surface area contributed by atoms with Crippen molar-refractivity contribution < 1.29 is 19.4 Å². The maximum Gasteiger partial charge on any atom is 0.407 e. The van der Waals surface area contributed by atoms with E-state index in [4.69, 9.17) is 9.84 Å². The molecular formula is C11H15NO4. The fourth-order valence-electron chi connectivity index (χ4n) is 2.81. The number of hydrogen-bond donors (Lipinski definition) is 2. The molecule has 0 aromatic rings. The summed E-state index contributed by atoms with van der Waals surface area (Å²) < 4.78 is 4.82. The van der Waals surface area contributed by atoms with E-state index in [1.54, 1.807) is 0 Å². The number of hydrogen-bond acceptors (Lipinski definition) is 3. The predicted octanol–water partition coefficient (Wildman–Crippen LogP) is 1.15. The summed E-state index contributed by atoms with van der Waals surface area (Å²) in [4.78, 5) is 22.2. The van der Waals surface area contributed by atoms with Gasteiger partial charge in [-0.1, -0.05) is 12.7 Å². The van der Waals surface area contributed by atoms with Crippen LogP contribution in [-0.4, -0.2) is 29.3 Å². The fourth-order valence-corrected chi connectivity index (χ4v) is 2.81. The average Bonchev–Trinajstić information content (AvgIpc) is 2.69. The Morgan fingerprint density at radius 3 is 2.69 bits per heavy atom. The van der Waals surface area contributed by atoms with Crippen LogP contribution in [-0.2, 0) is 9.53 Å². The lowest BCUT2D eigenvalue weighted by Gasteiger charge is -2.38. The molecule has 3 aliphatic rings. The van der Waals surface area contributed by atoms with Crippen molar-refractivity contribution in [2.24, 2.45) is 11.8 Å². The second-order valence-corrected chi connectivity index (χ2v) is 4.61. The van der Waals surface area contributed by atoms with E-state index in [2.05, 4.69) is 11.9 Å². The Morgan fingerprint density at radius 2 is 2.19 bits per heavy atom. The zero-order valence-corrected chi connectivity index (χ0v) is 8.94. The van der Waals surface area contributed by atoms with Gasteiger partial charge in [0.15, 0.2) is 0 Å². The van der Waals surface area contributed by atoms with Gasteiger partial charge in [0.2, 0.25) is 0 Å². The molecule has 88 valence electrons. The van der Waals surface area contributed by atoms with E-state index in [0.717, 1.165) is 12.8 Å². The molecule has 0 saturated heterocycles. The lowest BCUT2D eigenvalue weighted by Crippen LogP contribution is -2.51. The molecule has 2 bridgehead atoms. The van der Waals surface area contributed by atoms with Crippen LogP contribution in [0, 0.1) is 11.8 Å². The standard InChI is InChI=1S/C11H15NO4/c1-2-3-16-10(15)12-11-4-7(5-11)8(6-11)9(13)14/h2,7-8H,1,3-6H2,(H,12,15)(H,13,14). The van der Waals surface area contributed by atoms with E-state index in [9.17, 15) is 9.59 Å². The van der Waals surface area contributed by atoms with Gasteiger partial charge in [-0.15, -0.1) is 0 Å². The molecule has 3 saturated carbocycles. The molecule has 5 nitrogen and oxygen atoms in total. The smallest absolute Gasteiger partial charge is 0.407 e. The summed E-state index contributed by atoms with van der Waals surface area (Å²) in [7, 11) is 0. The van der Waals surface area contributed by atoms with Gasteiger partial charge in [0, 0.05) is 5.54 Å². The average molecular weight is 225 g/mol. The van der Waals surface area contributed by atoms with E-state index in [1.165, 1.54) is 6.08 Å². The van der Waals surface area contributed by atoms with Crippen LogP contribution >= 0.6 is 0 Å². The van der Waals surface area contributed by atoms with Crippen molar-refractivity contribution in [2.45, 2.75) is 24.8 Å². The highest BCUT2D eigenvalue weighted by molar-refractivity contribution is 5.74. The summed E-state index contributed by atoms with van der Waals surface area (Å²) in [6, 6.07) is 0. The molecular weight excluding hydrogens is 210 g/mol. The number of ether oxygens (including phenoxy) is 1. The Bertz CT molecular complexity index is 333. The maximum absolute atomic E-state index is 11.3. The molecule has 3 aliphatic carbocycles. The highest BCUT2D eigenvalue weighted by atomic mass is 16.5. The number of carbonyl (C=O) groups excluding carboxylic acids is 1. The number of amides is 1. The van der Waals surface area contributed by atoms with E-state index in [0.29, 0.717) is 6.42 Å². The van der Waals surface area contributed by atoms with Gasteiger partial charge in [0.25, 0.3) is 0 Å². The van der Waals surface area contributed by atoms with Crippen molar-refractivity contribution in [3.63, 3.8) is 0 Å². The second-order valence-electron chi connectivity index (χ2n) is 4.61. The van der Waals surface area contributed by atoms with E-state index in [1.807, 2.05) is 0 Å². The second kappa shape index (κ2) is 3.81. The van der Waals surface area contributed by atoms with Crippen molar-refractivity contribution in [3.05, 3.63) is 12.7 Å². The van der Waals surface area contributed by atoms with Crippen molar-refractivity contribution in [1.29, 1.82) is 0 Å². The molecule has 0 aromatic carbocycles. The molecule has 2 N–H and O–H groups in total. The molecule has 1 atom stereocenters. The van der Waals surface area contributed by atoms with Crippen LogP contribution in [0.25, 0.3) is 0 Å². The quantitative estimate of drug-likeness (QED) is 0.704. The first-order chi connectivity index (χ1) is 7.56. The lowest BCUT2D eigenvalue weighted by atomic mass is 9.76. The first-order valence-electron chi connectivity index (χ1n) is 5.35. The van der Waals surface area contributed by atoms with Crippen molar-refractivity contribution in [2.75, 3.05) is 6.61 Å². The Balaban J connectivity index is 1.86. The summed E-state index contributed by atoms with van der Waals surface area (Å²) >= 11 is 0. The van der Waals surface area contributed by atoms with Gasteiger partial charge in [-0.2, -0.15) is 0 Å². The van der Waals surface area contributed by atoms with Gasteiger partial charge in [-0.3, -0.25) is 4.79 Å². The number of aliphatic carboxylic acids is 1. The number of rotatable bonds is 4. The molecule has 3 rings (SSSR count).